The molecule has 0 unspecified atom stereocenters. The van der Waals surface area contributed by atoms with E-state index in [0.29, 0.717) is 0 Å². The zero-order valence-corrected chi connectivity index (χ0v) is 12.3. The van der Waals surface area contributed by atoms with E-state index in [0.717, 1.165) is 10.4 Å². The number of rotatable bonds is 7. The number of nitrogen functional groups attached to an aromatic ring is 1. The maximum absolute atomic E-state index is 13.6. The second kappa shape index (κ2) is 6.98. The van der Waals surface area contributed by atoms with Gasteiger partial charge in [-0.15, -0.1) is 0 Å². The van der Waals surface area contributed by atoms with Crippen LogP contribution >= 0.6 is 0 Å². The molecule has 0 aliphatic heterocycles. The Kier molecular flexibility index (Phi) is 5.88. The molecule has 0 heterocycles. The fourth-order valence-corrected chi connectivity index (χ4v) is 3.09. The van der Waals surface area contributed by atoms with Gasteiger partial charge in [-0.2, -0.15) is 4.31 Å². The Morgan fingerprint density at radius 2 is 2.05 bits per heavy atom. The molecule has 0 atom stereocenters. The third-order valence-corrected chi connectivity index (χ3v) is 4.77. The number of ether oxygens (including phenoxy) is 1. The van der Waals surface area contributed by atoms with Crippen LogP contribution in [0.15, 0.2) is 17.0 Å². The van der Waals surface area contributed by atoms with Gasteiger partial charge in [0.25, 0.3) is 0 Å². The number of anilines is 1. The second-order valence-corrected chi connectivity index (χ2v) is 6.18. The first-order chi connectivity index (χ1) is 9.34. The molecule has 1 rings (SSSR count). The van der Waals surface area contributed by atoms with Gasteiger partial charge in [-0.1, -0.05) is 0 Å². The number of nitrogens with zero attached hydrogens (tertiary/aromatic N) is 1. The molecule has 0 spiro atoms. The van der Waals surface area contributed by atoms with E-state index in [9.17, 15) is 12.8 Å². The van der Waals surface area contributed by atoms with Crippen LogP contribution in [0.25, 0.3) is 0 Å². The molecule has 0 bridgehead atoms. The smallest absolute Gasteiger partial charge is 0.243 e. The molecule has 3 N–H and O–H groups in total. The molecule has 6 nitrogen and oxygen atoms in total. The van der Waals surface area contributed by atoms with Crippen LogP contribution in [0.4, 0.5) is 10.1 Å². The molecule has 0 aliphatic rings. The average molecular weight is 306 g/mol. The quantitative estimate of drug-likeness (QED) is 0.709. The monoisotopic (exact) mass is 306 g/mol. The van der Waals surface area contributed by atoms with Crippen molar-refractivity contribution in [3.8, 4) is 0 Å². The Balaban J connectivity index is 3.18. The van der Waals surface area contributed by atoms with Crippen molar-refractivity contribution in [3.63, 3.8) is 0 Å². The third kappa shape index (κ3) is 3.66. The van der Waals surface area contributed by atoms with Gasteiger partial charge < -0.3 is 15.6 Å². The molecule has 0 aromatic heterocycles. The van der Waals surface area contributed by atoms with Gasteiger partial charge in [0, 0.05) is 31.5 Å². The van der Waals surface area contributed by atoms with Crippen molar-refractivity contribution in [2.45, 2.75) is 11.8 Å². The Labute approximate surface area is 118 Å². The van der Waals surface area contributed by atoms with E-state index in [2.05, 4.69) is 0 Å². The fourth-order valence-electron chi connectivity index (χ4n) is 1.63. The van der Waals surface area contributed by atoms with Crippen LogP contribution in [-0.2, 0) is 14.8 Å². The molecule has 1 aromatic carbocycles. The van der Waals surface area contributed by atoms with E-state index in [-0.39, 0.29) is 42.4 Å². The summed E-state index contributed by atoms with van der Waals surface area (Å²) in [6.07, 6.45) is 0. The SMILES string of the molecule is COCCN(CCO)S(=O)(=O)c1cc(N)c(C)c(F)c1. The number of sulfonamides is 1. The van der Waals surface area contributed by atoms with Crippen LogP contribution in [0, 0.1) is 12.7 Å². The van der Waals surface area contributed by atoms with Gasteiger partial charge in [-0.3, -0.25) is 0 Å². The lowest BCUT2D eigenvalue weighted by Gasteiger charge is -2.21. The van der Waals surface area contributed by atoms with E-state index in [1.807, 2.05) is 0 Å². The summed E-state index contributed by atoms with van der Waals surface area (Å²) in [6, 6.07) is 2.14. The Bertz CT molecular complexity index is 540. The molecule has 0 fully saturated rings. The minimum atomic E-state index is -3.92. The van der Waals surface area contributed by atoms with Crippen LogP contribution in [-0.4, -0.2) is 51.2 Å². The van der Waals surface area contributed by atoms with E-state index >= 15 is 0 Å². The van der Waals surface area contributed by atoms with Crippen LogP contribution in [0.1, 0.15) is 5.56 Å². The van der Waals surface area contributed by atoms with Crippen LogP contribution < -0.4 is 5.73 Å². The van der Waals surface area contributed by atoms with Gasteiger partial charge in [0.1, 0.15) is 5.82 Å². The molecule has 20 heavy (non-hydrogen) atoms. The average Bonchev–Trinajstić information content (AvgIpc) is 2.39. The first-order valence-corrected chi connectivity index (χ1v) is 7.44. The van der Waals surface area contributed by atoms with Crippen molar-refractivity contribution in [2.24, 2.45) is 0 Å². The lowest BCUT2D eigenvalue weighted by Crippen LogP contribution is -2.36. The summed E-state index contributed by atoms with van der Waals surface area (Å²) < 4.78 is 44.3. The topological polar surface area (TPSA) is 92.9 Å². The van der Waals surface area contributed by atoms with Crippen LogP contribution in [0.3, 0.4) is 0 Å². The predicted octanol–water partition coefficient (Wildman–Crippen LogP) is 0.346. The van der Waals surface area contributed by atoms with Crippen LogP contribution in [0.5, 0.6) is 0 Å². The zero-order chi connectivity index (χ0) is 15.3. The largest absolute Gasteiger partial charge is 0.398 e. The van der Waals surface area contributed by atoms with Crippen LogP contribution in [0.2, 0.25) is 0 Å². The maximum Gasteiger partial charge on any atom is 0.243 e. The number of aliphatic hydroxyl groups is 1. The summed E-state index contributed by atoms with van der Waals surface area (Å²) >= 11 is 0. The Hall–Kier alpha value is -1.22. The summed E-state index contributed by atoms with van der Waals surface area (Å²) in [5.74, 6) is -0.681. The normalized spacial score (nSPS) is 12.1. The summed E-state index contributed by atoms with van der Waals surface area (Å²) in [4.78, 5) is -0.234. The summed E-state index contributed by atoms with van der Waals surface area (Å²) in [5, 5.41) is 8.95. The standard InChI is InChI=1S/C12H19FN2O4S/c1-9-11(13)7-10(8-12(9)14)20(17,18)15(3-5-16)4-6-19-2/h7-8,16H,3-6,14H2,1-2H3. The zero-order valence-electron chi connectivity index (χ0n) is 11.5. The number of hydrogen-bond donors (Lipinski definition) is 2. The van der Waals surface area contributed by atoms with Gasteiger partial charge >= 0.3 is 0 Å². The highest BCUT2D eigenvalue weighted by molar-refractivity contribution is 7.89. The van der Waals surface area contributed by atoms with Gasteiger partial charge in [0.2, 0.25) is 10.0 Å². The number of nitrogens with two attached hydrogens (primary N) is 1. The molecule has 0 saturated carbocycles. The first-order valence-electron chi connectivity index (χ1n) is 6.00. The molecule has 1 aromatic rings. The van der Waals surface area contributed by atoms with E-state index in [4.69, 9.17) is 15.6 Å². The van der Waals surface area contributed by atoms with Gasteiger partial charge in [-0.25, -0.2) is 12.8 Å². The molecule has 0 amide bonds. The van der Waals surface area contributed by atoms with Crippen molar-refractivity contribution in [1.82, 2.24) is 4.31 Å². The van der Waals surface area contributed by atoms with Gasteiger partial charge in [-0.05, 0) is 19.1 Å². The molecular formula is C12H19FN2O4S. The number of benzene rings is 1. The number of methoxy groups -OCH3 is 1. The van der Waals surface area contributed by atoms with Crippen molar-refractivity contribution in [1.29, 1.82) is 0 Å². The lowest BCUT2D eigenvalue weighted by atomic mass is 10.2. The van der Waals surface area contributed by atoms with Gasteiger partial charge in [0.15, 0.2) is 0 Å². The minimum Gasteiger partial charge on any atom is -0.398 e. The van der Waals surface area contributed by atoms with E-state index in [1.54, 1.807) is 0 Å². The van der Waals surface area contributed by atoms with Crippen molar-refractivity contribution in [3.05, 3.63) is 23.5 Å². The molecule has 0 saturated heterocycles. The summed E-state index contributed by atoms with van der Waals surface area (Å²) in [7, 11) is -2.49. The fraction of sp³-hybridized carbons (Fsp3) is 0.500. The summed E-state index contributed by atoms with van der Waals surface area (Å²) in [6.45, 7) is 1.27. The molecular weight excluding hydrogens is 287 g/mol. The molecule has 0 aliphatic carbocycles. The van der Waals surface area contributed by atoms with E-state index in [1.165, 1.54) is 20.1 Å². The molecule has 0 radical (unpaired) electrons. The van der Waals surface area contributed by atoms with Crippen molar-refractivity contribution in [2.75, 3.05) is 39.1 Å². The lowest BCUT2D eigenvalue weighted by molar-refractivity contribution is 0.168. The second-order valence-electron chi connectivity index (χ2n) is 4.24. The summed E-state index contributed by atoms with van der Waals surface area (Å²) in [5.41, 5.74) is 5.87. The predicted molar refractivity (Wildman–Crippen MR) is 73.3 cm³/mol. The number of hydrogen-bond acceptors (Lipinski definition) is 5. The number of halogens is 1. The Morgan fingerprint density at radius 1 is 1.40 bits per heavy atom. The first kappa shape index (κ1) is 16.8. The molecule has 114 valence electrons. The van der Waals surface area contributed by atoms with E-state index < -0.39 is 15.8 Å². The maximum atomic E-state index is 13.6. The van der Waals surface area contributed by atoms with Crippen molar-refractivity contribution >= 4 is 15.7 Å². The van der Waals surface area contributed by atoms with Gasteiger partial charge in [0.05, 0.1) is 18.1 Å². The minimum absolute atomic E-state index is 0.0643. The Morgan fingerprint density at radius 3 is 2.55 bits per heavy atom. The highest BCUT2D eigenvalue weighted by Gasteiger charge is 2.25. The van der Waals surface area contributed by atoms with Crippen molar-refractivity contribution < 1.29 is 22.7 Å². The number of aliphatic hydroxyl groups excluding tert-OH is 1. The molecule has 8 heteroatoms. The third-order valence-electron chi connectivity index (χ3n) is 2.89. The highest BCUT2D eigenvalue weighted by atomic mass is 32.2. The highest BCUT2D eigenvalue weighted by Crippen LogP contribution is 2.23.